The quantitative estimate of drug-likeness (QED) is 0.340. The Labute approximate surface area is 248 Å². The summed E-state index contributed by atoms with van der Waals surface area (Å²) >= 11 is 0. The van der Waals surface area contributed by atoms with E-state index in [-0.39, 0.29) is 28.7 Å². The molecule has 9 nitrogen and oxygen atoms in total. The summed E-state index contributed by atoms with van der Waals surface area (Å²) in [6, 6.07) is 8.33. The van der Waals surface area contributed by atoms with Crippen molar-refractivity contribution in [2.24, 2.45) is 0 Å². The first-order chi connectivity index (χ1) is 20.9. The van der Waals surface area contributed by atoms with Gasteiger partial charge in [-0.2, -0.15) is 9.97 Å². The zero-order valence-electron chi connectivity index (χ0n) is 24.4. The van der Waals surface area contributed by atoms with Crippen molar-refractivity contribution >= 4 is 27.5 Å². The molecule has 3 saturated heterocycles. The number of rotatable bonds is 4. The summed E-state index contributed by atoms with van der Waals surface area (Å²) in [5.41, 5.74) is 0.596. The van der Waals surface area contributed by atoms with Gasteiger partial charge in [-0.25, -0.2) is 13.6 Å². The van der Waals surface area contributed by atoms with Crippen LogP contribution in [-0.4, -0.2) is 78.7 Å². The second-order valence-electron chi connectivity index (χ2n) is 11.2. The SMILES string of the molecule is CCc1c(F)ccc2cc(O)cc(-c3cc4nc(OC)nc(N5CCCOCC5)c4c(=O)o3)c12.FC1CC2CCCN2C1. The van der Waals surface area contributed by atoms with Crippen LogP contribution in [0.1, 0.15) is 38.2 Å². The Morgan fingerprint density at radius 3 is 2.74 bits per heavy atom. The van der Waals surface area contributed by atoms with Crippen molar-refractivity contribution in [1.29, 1.82) is 0 Å². The minimum atomic E-state index is -0.624. The first-order valence-corrected chi connectivity index (χ1v) is 14.9. The average molecular weight is 595 g/mol. The molecule has 5 heterocycles. The molecule has 3 fully saturated rings. The summed E-state index contributed by atoms with van der Waals surface area (Å²) in [4.78, 5) is 26.4. The molecule has 228 valence electrons. The highest BCUT2D eigenvalue weighted by molar-refractivity contribution is 6.01. The van der Waals surface area contributed by atoms with Gasteiger partial charge in [0.25, 0.3) is 0 Å². The topological polar surface area (TPSA) is 101 Å². The number of fused-ring (bicyclic) bond motifs is 3. The number of aryl methyl sites for hydroxylation is 1. The number of phenols is 1. The van der Waals surface area contributed by atoms with E-state index in [2.05, 4.69) is 14.9 Å². The summed E-state index contributed by atoms with van der Waals surface area (Å²) in [6.45, 7) is 6.07. The molecule has 4 aromatic rings. The summed E-state index contributed by atoms with van der Waals surface area (Å²) in [5.74, 6) is 0.211. The number of anilines is 1. The van der Waals surface area contributed by atoms with Crippen molar-refractivity contribution in [3.63, 3.8) is 0 Å². The lowest BCUT2D eigenvalue weighted by atomic mass is 9.95. The summed E-state index contributed by atoms with van der Waals surface area (Å²) in [6.07, 6.45) is 4.03. The van der Waals surface area contributed by atoms with Crippen molar-refractivity contribution in [1.82, 2.24) is 14.9 Å². The van der Waals surface area contributed by atoms with Gasteiger partial charge in [-0.1, -0.05) is 13.0 Å². The molecular weight excluding hydrogens is 558 g/mol. The van der Waals surface area contributed by atoms with Crippen molar-refractivity contribution < 1.29 is 27.8 Å². The van der Waals surface area contributed by atoms with Crippen LogP contribution in [0.3, 0.4) is 0 Å². The lowest BCUT2D eigenvalue weighted by molar-refractivity contribution is 0.152. The van der Waals surface area contributed by atoms with Crippen LogP contribution in [0, 0.1) is 5.82 Å². The second-order valence-corrected chi connectivity index (χ2v) is 11.2. The van der Waals surface area contributed by atoms with Gasteiger partial charge in [0.1, 0.15) is 28.9 Å². The molecule has 7 rings (SSSR count). The van der Waals surface area contributed by atoms with Gasteiger partial charge in [0, 0.05) is 43.9 Å². The lowest BCUT2D eigenvalue weighted by Crippen LogP contribution is -2.28. The van der Waals surface area contributed by atoms with Crippen molar-refractivity contribution in [3.05, 3.63) is 52.1 Å². The van der Waals surface area contributed by atoms with Gasteiger partial charge in [-0.05, 0) is 73.2 Å². The van der Waals surface area contributed by atoms with Crippen molar-refractivity contribution in [3.8, 4) is 23.1 Å². The van der Waals surface area contributed by atoms with E-state index in [0.29, 0.717) is 78.5 Å². The molecule has 3 aliphatic heterocycles. The van der Waals surface area contributed by atoms with Crippen LogP contribution in [0.15, 0.2) is 39.5 Å². The third-order valence-corrected chi connectivity index (χ3v) is 8.51. The molecule has 1 N–H and O–H groups in total. The second kappa shape index (κ2) is 12.4. The minimum Gasteiger partial charge on any atom is -0.508 e. The van der Waals surface area contributed by atoms with E-state index in [9.17, 15) is 18.7 Å². The molecule has 11 heteroatoms. The van der Waals surface area contributed by atoms with E-state index in [0.717, 1.165) is 19.4 Å². The van der Waals surface area contributed by atoms with E-state index < -0.39 is 11.8 Å². The molecular formula is C32H36F2N4O5. The normalized spacial score (nSPS) is 20.6. The number of halogens is 2. The largest absolute Gasteiger partial charge is 0.508 e. The van der Waals surface area contributed by atoms with E-state index >= 15 is 0 Å². The Hall–Kier alpha value is -3.83. The Morgan fingerprint density at radius 2 is 1.95 bits per heavy atom. The standard InChI is InChI=1S/C25H24FN3O5.C7H12FN/c1-3-16-18(26)6-5-14-11-15(30)12-17(21(14)16)20-13-19-22(24(31)34-20)23(28-25(27-19)32-2)29-7-4-9-33-10-8-29;8-6-4-7-2-1-3-9(7)5-6/h5-6,11-13,30H,3-4,7-10H2,1-2H3;6-7H,1-5H2. The van der Waals surface area contributed by atoms with E-state index in [1.807, 2.05) is 11.8 Å². The molecule has 0 aliphatic carbocycles. The van der Waals surface area contributed by atoms with Crippen LogP contribution in [-0.2, 0) is 11.2 Å². The first kappa shape index (κ1) is 29.3. The number of nitrogens with zero attached hydrogens (tertiary/aromatic N) is 4. The summed E-state index contributed by atoms with van der Waals surface area (Å²) in [5, 5.41) is 11.8. The number of hydrogen-bond donors (Lipinski definition) is 1. The van der Waals surface area contributed by atoms with E-state index in [4.69, 9.17) is 13.9 Å². The highest BCUT2D eigenvalue weighted by atomic mass is 19.1. The van der Waals surface area contributed by atoms with Gasteiger partial charge in [0.2, 0.25) is 0 Å². The molecule has 2 aromatic heterocycles. The smallest absolute Gasteiger partial charge is 0.349 e. The molecule has 0 spiro atoms. The molecule has 0 bridgehead atoms. The molecule has 43 heavy (non-hydrogen) atoms. The van der Waals surface area contributed by atoms with Gasteiger partial charge in [-0.15, -0.1) is 0 Å². The number of phenolic OH excluding ortho intramolecular Hbond substituents is 1. The number of ether oxygens (including phenoxy) is 2. The number of aromatic hydroxyl groups is 1. The van der Waals surface area contributed by atoms with Crippen molar-refractivity contribution in [2.75, 3.05) is 51.4 Å². The van der Waals surface area contributed by atoms with Gasteiger partial charge >= 0.3 is 11.6 Å². The predicted molar refractivity (Wildman–Crippen MR) is 160 cm³/mol. The summed E-state index contributed by atoms with van der Waals surface area (Å²) < 4.78 is 43.8. The summed E-state index contributed by atoms with van der Waals surface area (Å²) in [7, 11) is 1.46. The third-order valence-electron chi connectivity index (χ3n) is 8.51. The number of aromatic nitrogens is 2. The Morgan fingerprint density at radius 1 is 1.09 bits per heavy atom. The van der Waals surface area contributed by atoms with Crippen LogP contribution in [0.25, 0.3) is 33.0 Å². The number of methoxy groups -OCH3 is 1. The highest BCUT2D eigenvalue weighted by Gasteiger charge is 2.34. The Kier molecular flexibility index (Phi) is 8.45. The number of benzene rings is 2. The zero-order chi connectivity index (χ0) is 30.1. The zero-order valence-corrected chi connectivity index (χ0v) is 24.4. The maximum Gasteiger partial charge on any atom is 0.349 e. The monoisotopic (exact) mass is 594 g/mol. The minimum absolute atomic E-state index is 0.0237. The van der Waals surface area contributed by atoms with Gasteiger partial charge in [0.15, 0.2) is 5.82 Å². The molecule has 2 atom stereocenters. The van der Waals surface area contributed by atoms with Crippen LogP contribution in [0.5, 0.6) is 11.8 Å². The molecule has 0 radical (unpaired) electrons. The first-order valence-electron chi connectivity index (χ1n) is 14.9. The van der Waals surface area contributed by atoms with E-state index in [1.165, 1.54) is 32.1 Å². The predicted octanol–water partition coefficient (Wildman–Crippen LogP) is 5.24. The van der Waals surface area contributed by atoms with E-state index in [1.54, 1.807) is 18.2 Å². The average Bonchev–Trinajstić information content (AvgIpc) is 3.45. The molecule has 3 aliphatic rings. The Balaban J connectivity index is 0.000000310. The molecule has 0 saturated carbocycles. The maximum atomic E-state index is 14.6. The van der Waals surface area contributed by atoms with Gasteiger partial charge < -0.3 is 23.9 Å². The third kappa shape index (κ3) is 5.88. The Bertz CT molecular complexity index is 1680. The van der Waals surface area contributed by atoms with Crippen LogP contribution >= 0.6 is 0 Å². The lowest BCUT2D eigenvalue weighted by Gasteiger charge is -2.22. The van der Waals surface area contributed by atoms with Crippen LogP contribution in [0.2, 0.25) is 0 Å². The fourth-order valence-electron chi connectivity index (χ4n) is 6.53. The molecule has 0 amide bonds. The van der Waals surface area contributed by atoms with Gasteiger partial charge in [0.05, 0.1) is 19.2 Å². The molecule has 2 aromatic carbocycles. The maximum absolute atomic E-state index is 14.6. The molecule has 2 unspecified atom stereocenters. The van der Waals surface area contributed by atoms with Crippen molar-refractivity contribution in [2.45, 2.75) is 51.2 Å². The highest BCUT2D eigenvalue weighted by Crippen LogP contribution is 2.37. The van der Waals surface area contributed by atoms with Gasteiger partial charge in [-0.3, -0.25) is 4.90 Å². The fourth-order valence-corrected chi connectivity index (χ4v) is 6.53. The fraction of sp³-hybridized carbons (Fsp3) is 0.469. The number of hydrogen-bond acceptors (Lipinski definition) is 9. The van der Waals surface area contributed by atoms with Crippen LogP contribution < -0.4 is 15.3 Å². The van der Waals surface area contributed by atoms with Crippen LogP contribution in [0.4, 0.5) is 14.6 Å². The number of alkyl halides is 1.